The molecule has 3 rings (SSSR count). The summed E-state index contributed by atoms with van der Waals surface area (Å²) in [6, 6.07) is 10.0. The van der Waals surface area contributed by atoms with Crippen LogP contribution < -0.4 is 15.7 Å². The van der Waals surface area contributed by atoms with Crippen molar-refractivity contribution in [1.29, 1.82) is 0 Å². The lowest BCUT2D eigenvalue weighted by atomic mass is 9.88. The van der Waals surface area contributed by atoms with E-state index < -0.39 is 11.9 Å². The van der Waals surface area contributed by atoms with Crippen LogP contribution in [0.1, 0.15) is 161 Å². The molecule has 0 bridgehead atoms. The van der Waals surface area contributed by atoms with Gasteiger partial charge in [0.15, 0.2) is 0 Å². The zero-order valence-electron chi connectivity index (χ0n) is 30.6. The number of nitrogens with zero attached hydrogens (tertiary/aromatic N) is 1. The maximum Gasteiger partial charge on any atom is 0.306 e. The molecule has 5 nitrogen and oxygen atoms in total. The van der Waals surface area contributed by atoms with Gasteiger partial charge in [0.1, 0.15) is 24.4 Å². The van der Waals surface area contributed by atoms with Gasteiger partial charge in [-0.05, 0) is 30.5 Å². The number of aliphatic carboxylic acids is 1. The van der Waals surface area contributed by atoms with E-state index >= 15 is 0 Å². The zero-order valence-corrected chi connectivity index (χ0v) is 31.4. The molecule has 1 aromatic carbocycles. The van der Waals surface area contributed by atoms with E-state index in [9.17, 15) is 9.90 Å². The van der Waals surface area contributed by atoms with Crippen LogP contribution in [0.4, 0.5) is 5.69 Å². The summed E-state index contributed by atoms with van der Waals surface area (Å²) in [4.78, 5) is 12.6. The van der Waals surface area contributed by atoms with Crippen LogP contribution >= 0.6 is 11.6 Å². The minimum atomic E-state index is -0.735. The molecule has 48 heavy (non-hydrogen) atoms. The molecule has 0 aromatic heterocycles. The fraction of sp³-hybridized carbons (Fsp3) is 0.667. The van der Waals surface area contributed by atoms with Gasteiger partial charge in [-0.3, -0.25) is 4.79 Å². The van der Waals surface area contributed by atoms with Crippen LogP contribution in [0.5, 0.6) is 0 Å². The topological polar surface area (TPSA) is 79.5 Å². The number of unbranched alkanes of at least 4 members (excludes halogenated alkanes) is 17. The lowest BCUT2D eigenvalue weighted by Gasteiger charge is -2.19. The van der Waals surface area contributed by atoms with Crippen LogP contribution in [0.3, 0.4) is 0 Å². The number of halogens is 1. The molecule has 0 radical (unpaired) electrons. The molecular weight excluding hydrogens is 616 g/mol. The molecule has 0 saturated heterocycles. The van der Waals surface area contributed by atoms with Gasteiger partial charge in [-0.15, -0.1) is 0 Å². The summed E-state index contributed by atoms with van der Waals surface area (Å²) in [5.74, 6) is -0.435. The number of carbonyl (C=O) groups is 1. The number of fused-ring (bicyclic) bond motifs is 2. The molecule has 6 heteroatoms. The molecule has 0 amide bonds. The maximum atomic E-state index is 12.6. The van der Waals surface area contributed by atoms with E-state index in [1.54, 1.807) is 6.07 Å². The Morgan fingerprint density at radius 1 is 0.750 bits per heavy atom. The SMILES string of the molecule is CCCCCCCCCCCCCCCCCCC(Cc1c2ccc(=[N+](CCCC)CCCC)cc-2oc2cc(N)c(Cl)cc12)C(=O)O. The minimum Gasteiger partial charge on any atom is -0.481 e. The Bertz CT molecular complexity index is 1390. The van der Waals surface area contributed by atoms with Gasteiger partial charge >= 0.3 is 5.97 Å². The van der Waals surface area contributed by atoms with Gasteiger partial charge in [-0.1, -0.05) is 148 Å². The standard InChI is InChI=1S/C42H65ClN2O3/c1-4-7-10-11-12-13-14-15-16-17-18-19-20-21-22-23-24-33(42(46)47)29-36-35-26-25-34(45(27-8-5-2)28-9-6-3)30-40(35)48-41-32-39(44)38(43)31-37(36)41/h25-26,30-33,44H,4-24,27-29H2,1-3H3,(H,46,47)/p+1. The highest BCUT2D eigenvalue weighted by Crippen LogP contribution is 2.38. The van der Waals surface area contributed by atoms with Gasteiger partial charge in [0.05, 0.1) is 22.7 Å². The number of carboxylic acid groups (broad SMARTS) is 1. The van der Waals surface area contributed by atoms with Crippen molar-refractivity contribution in [3.05, 3.63) is 46.3 Å². The van der Waals surface area contributed by atoms with Gasteiger partial charge in [-0.2, -0.15) is 0 Å². The average Bonchev–Trinajstić information content (AvgIpc) is 3.07. The highest BCUT2D eigenvalue weighted by atomic mass is 35.5. The molecule has 1 heterocycles. The summed E-state index contributed by atoms with van der Waals surface area (Å²) in [5.41, 5.74) is 9.25. The number of anilines is 1. The van der Waals surface area contributed by atoms with Gasteiger partial charge in [-0.25, -0.2) is 4.58 Å². The van der Waals surface area contributed by atoms with Crippen molar-refractivity contribution < 1.29 is 14.3 Å². The molecule has 0 spiro atoms. The Morgan fingerprint density at radius 2 is 1.27 bits per heavy atom. The van der Waals surface area contributed by atoms with Crippen molar-refractivity contribution in [3.8, 4) is 11.3 Å². The van der Waals surface area contributed by atoms with Crippen molar-refractivity contribution in [2.75, 3.05) is 18.8 Å². The summed E-state index contributed by atoms with van der Waals surface area (Å²) in [5, 5.41) is 12.8. The fourth-order valence-corrected chi connectivity index (χ4v) is 7.14. The summed E-state index contributed by atoms with van der Waals surface area (Å²) < 4.78 is 8.89. The zero-order chi connectivity index (χ0) is 34.6. The van der Waals surface area contributed by atoms with Gasteiger partial charge < -0.3 is 15.3 Å². The minimum absolute atomic E-state index is 0.437. The van der Waals surface area contributed by atoms with E-state index in [4.69, 9.17) is 21.8 Å². The van der Waals surface area contributed by atoms with Crippen molar-refractivity contribution >= 4 is 34.2 Å². The molecule has 1 aromatic rings. The van der Waals surface area contributed by atoms with Crippen LogP contribution in [0.15, 0.2) is 34.7 Å². The van der Waals surface area contributed by atoms with Crippen LogP contribution in [0.25, 0.3) is 22.3 Å². The monoisotopic (exact) mass is 681 g/mol. The van der Waals surface area contributed by atoms with E-state index in [0.717, 1.165) is 79.2 Å². The third-order valence-electron chi connectivity index (χ3n) is 10.1. The second-order valence-electron chi connectivity index (χ2n) is 14.2. The lowest BCUT2D eigenvalue weighted by Crippen LogP contribution is -2.32. The van der Waals surface area contributed by atoms with Crippen LogP contribution in [0.2, 0.25) is 5.02 Å². The average molecular weight is 682 g/mol. The van der Waals surface area contributed by atoms with Crippen LogP contribution in [-0.4, -0.2) is 24.2 Å². The fourth-order valence-electron chi connectivity index (χ4n) is 6.98. The highest BCUT2D eigenvalue weighted by molar-refractivity contribution is 6.34. The van der Waals surface area contributed by atoms with Crippen LogP contribution in [-0.2, 0) is 11.2 Å². The normalized spacial score (nSPS) is 12.2. The summed E-state index contributed by atoms with van der Waals surface area (Å²) in [7, 11) is 0. The molecule has 1 atom stereocenters. The quantitative estimate of drug-likeness (QED) is 0.0382. The van der Waals surface area contributed by atoms with Crippen molar-refractivity contribution in [2.45, 2.75) is 162 Å². The number of hydrogen-bond acceptors (Lipinski definition) is 3. The van der Waals surface area contributed by atoms with E-state index in [-0.39, 0.29) is 0 Å². The van der Waals surface area contributed by atoms with Gasteiger partial charge in [0.25, 0.3) is 0 Å². The highest BCUT2D eigenvalue weighted by Gasteiger charge is 2.24. The number of nitrogen functional groups attached to an aromatic ring is 1. The Morgan fingerprint density at radius 3 is 1.79 bits per heavy atom. The number of hydrogen-bond donors (Lipinski definition) is 2. The summed E-state index contributed by atoms with van der Waals surface area (Å²) >= 11 is 6.50. The molecule has 2 aliphatic rings. The first-order valence-corrected chi connectivity index (χ1v) is 20.0. The Hall–Kier alpha value is -2.53. The predicted octanol–water partition coefficient (Wildman–Crippen LogP) is 12.0. The number of benzene rings is 2. The third kappa shape index (κ3) is 13.4. The first kappa shape index (κ1) is 39.9. The second kappa shape index (κ2) is 23.0. The Kier molecular flexibility index (Phi) is 19.1. The van der Waals surface area contributed by atoms with Crippen LogP contribution in [0, 0.1) is 5.92 Å². The maximum absolute atomic E-state index is 12.6. The number of nitrogens with two attached hydrogens (primary N) is 1. The lowest BCUT2D eigenvalue weighted by molar-refractivity contribution is -0.142. The largest absolute Gasteiger partial charge is 0.481 e. The van der Waals surface area contributed by atoms with E-state index in [1.165, 1.54) is 89.9 Å². The summed E-state index contributed by atoms with van der Waals surface area (Å²) in [6.45, 7) is 8.74. The molecule has 268 valence electrons. The number of rotatable bonds is 26. The molecule has 1 unspecified atom stereocenters. The van der Waals surface area contributed by atoms with E-state index in [0.29, 0.717) is 29.1 Å². The van der Waals surface area contributed by atoms with Crippen molar-refractivity contribution in [3.63, 3.8) is 0 Å². The molecule has 3 N–H and O–H groups in total. The second-order valence-corrected chi connectivity index (χ2v) is 14.6. The van der Waals surface area contributed by atoms with E-state index in [2.05, 4.69) is 43.5 Å². The van der Waals surface area contributed by atoms with Gasteiger partial charge in [0, 0.05) is 35.9 Å². The first-order chi connectivity index (χ1) is 23.4. The van der Waals surface area contributed by atoms with Gasteiger partial charge in [0.2, 0.25) is 5.36 Å². The third-order valence-corrected chi connectivity index (χ3v) is 10.4. The van der Waals surface area contributed by atoms with E-state index in [1.807, 2.05) is 6.07 Å². The molecular formula is C42H66ClN2O3+. The molecule has 1 aliphatic carbocycles. The predicted molar refractivity (Wildman–Crippen MR) is 206 cm³/mol. The Labute approximate surface area is 296 Å². The smallest absolute Gasteiger partial charge is 0.306 e. The molecule has 0 saturated carbocycles. The summed E-state index contributed by atoms with van der Waals surface area (Å²) in [6.07, 6.45) is 26.7. The molecule has 0 fully saturated rings. The van der Waals surface area contributed by atoms with Crippen molar-refractivity contribution in [1.82, 2.24) is 4.58 Å². The Balaban J connectivity index is 1.59. The first-order valence-electron chi connectivity index (χ1n) is 19.6. The number of carboxylic acids is 1. The van der Waals surface area contributed by atoms with Crippen molar-refractivity contribution in [2.24, 2.45) is 5.92 Å². The molecule has 1 aliphatic heterocycles.